The molecule has 6 heteroatoms. The number of thiocarbonyl (C=S) groups is 1. The van der Waals surface area contributed by atoms with Gasteiger partial charge >= 0.3 is 0 Å². The fourth-order valence-electron chi connectivity index (χ4n) is 1.93. The molecule has 0 radical (unpaired) electrons. The van der Waals surface area contributed by atoms with Crippen LogP contribution in [0.25, 0.3) is 6.08 Å². The fraction of sp³-hybridized carbons (Fsp3) is 0.0526. The summed E-state index contributed by atoms with van der Waals surface area (Å²) in [6.45, 7) is 3.99. The van der Waals surface area contributed by atoms with Crippen LogP contribution >= 0.6 is 23.8 Å². The molecule has 0 atom stereocenters. The lowest BCUT2D eigenvalue weighted by molar-refractivity contribution is -0.115. The summed E-state index contributed by atoms with van der Waals surface area (Å²) in [4.78, 5) is 12.0. The zero-order valence-electron chi connectivity index (χ0n) is 13.4. The highest BCUT2D eigenvalue weighted by molar-refractivity contribution is 7.80. The Balaban J connectivity index is 1.95. The molecule has 1 amide bonds. The molecule has 2 rings (SSSR count). The maximum absolute atomic E-state index is 12.0. The summed E-state index contributed by atoms with van der Waals surface area (Å²) in [7, 11) is 0. The molecule has 0 aliphatic heterocycles. The Labute approximate surface area is 157 Å². The molecular formula is C19H17ClN2O2S. The van der Waals surface area contributed by atoms with Gasteiger partial charge in [0.15, 0.2) is 5.11 Å². The van der Waals surface area contributed by atoms with Gasteiger partial charge in [-0.2, -0.15) is 0 Å². The van der Waals surface area contributed by atoms with Crippen LogP contribution in [0.1, 0.15) is 5.56 Å². The predicted molar refractivity (Wildman–Crippen MR) is 107 cm³/mol. The van der Waals surface area contributed by atoms with E-state index in [1.54, 1.807) is 30.4 Å². The van der Waals surface area contributed by atoms with E-state index in [-0.39, 0.29) is 11.0 Å². The van der Waals surface area contributed by atoms with Gasteiger partial charge in [0.05, 0.1) is 5.69 Å². The van der Waals surface area contributed by atoms with Crippen molar-refractivity contribution in [2.24, 2.45) is 0 Å². The summed E-state index contributed by atoms with van der Waals surface area (Å²) < 4.78 is 5.53. The van der Waals surface area contributed by atoms with Gasteiger partial charge < -0.3 is 10.1 Å². The van der Waals surface area contributed by atoms with Crippen molar-refractivity contribution in [3.63, 3.8) is 0 Å². The Kier molecular flexibility index (Phi) is 7.19. The average molecular weight is 373 g/mol. The fourth-order valence-corrected chi connectivity index (χ4v) is 2.34. The highest BCUT2D eigenvalue weighted by Gasteiger charge is 2.06. The molecule has 128 valence electrons. The molecule has 0 spiro atoms. The molecular weight excluding hydrogens is 356 g/mol. The van der Waals surface area contributed by atoms with Crippen LogP contribution in [0.3, 0.4) is 0 Å². The lowest BCUT2D eigenvalue weighted by Gasteiger charge is -2.12. The van der Waals surface area contributed by atoms with E-state index in [0.29, 0.717) is 23.1 Å². The van der Waals surface area contributed by atoms with E-state index < -0.39 is 0 Å². The van der Waals surface area contributed by atoms with Crippen molar-refractivity contribution in [1.29, 1.82) is 0 Å². The van der Waals surface area contributed by atoms with Crippen molar-refractivity contribution in [3.05, 3.63) is 77.8 Å². The number of ether oxygens (including phenoxy) is 1. The van der Waals surface area contributed by atoms with Crippen LogP contribution < -0.4 is 15.4 Å². The number of hydrogen-bond acceptors (Lipinski definition) is 3. The van der Waals surface area contributed by atoms with Gasteiger partial charge in [0.1, 0.15) is 12.4 Å². The largest absolute Gasteiger partial charge is 0.487 e. The monoisotopic (exact) mass is 372 g/mol. The number of carbonyl (C=O) groups excluding carboxylic acids is 1. The summed E-state index contributed by atoms with van der Waals surface area (Å²) in [6.07, 6.45) is 4.65. The number of benzene rings is 2. The predicted octanol–water partition coefficient (Wildman–Crippen LogP) is 4.43. The molecule has 0 saturated heterocycles. The van der Waals surface area contributed by atoms with E-state index in [9.17, 15) is 4.79 Å². The van der Waals surface area contributed by atoms with E-state index in [1.807, 2.05) is 30.3 Å². The zero-order valence-corrected chi connectivity index (χ0v) is 14.9. The molecule has 2 aromatic carbocycles. The number of anilines is 1. The third kappa shape index (κ3) is 6.06. The van der Waals surface area contributed by atoms with Crippen molar-refractivity contribution < 1.29 is 9.53 Å². The highest BCUT2D eigenvalue weighted by atomic mass is 35.5. The SMILES string of the molecule is C=CCOc1ccccc1NC(=S)NC(=O)/C=C/c1ccccc1Cl. The number of hydrogen-bond donors (Lipinski definition) is 2. The van der Waals surface area contributed by atoms with Crippen LogP contribution in [0, 0.1) is 0 Å². The molecule has 2 aromatic rings. The van der Waals surface area contributed by atoms with Gasteiger partial charge in [0.25, 0.3) is 0 Å². The molecule has 2 N–H and O–H groups in total. The number of para-hydroxylation sites is 2. The number of carbonyl (C=O) groups is 1. The van der Waals surface area contributed by atoms with Gasteiger partial charge in [0.2, 0.25) is 5.91 Å². The van der Waals surface area contributed by atoms with Gasteiger partial charge in [-0.1, -0.05) is 54.6 Å². The molecule has 0 fully saturated rings. The first-order valence-electron chi connectivity index (χ1n) is 7.47. The third-order valence-electron chi connectivity index (χ3n) is 3.05. The van der Waals surface area contributed by atoms with Crippen molar-refractivity contribution >= 4 is 46.6 Å². The molecule has 4 nitrogen and oxygen atoms in total. The summed E-state index contributed by atoms with van der Waals surface area (Å²) in [5.74, 6) is 0.257. The second-order valence-electron chi connectivity index (χ2n) is 4.89. The van der Waals surface area contributed by atoms with Gasteiger partial charge in [-0.25, -0.2) is 0 Å². The van der Waals surface area contributed by atoms with Crippen LogP contribution in [0.15, 0.2) is 67.3 Å². The van der Waals surface area contributed by atoms with E-state index in [2.05, 4.69) is 17.2 Å². The van der Waals surface area contributed by atoms with Crippen LogP contribution in [0.5, 0.6) is 5.75 Å². The first-order valence-corrected chi connectivity index (χ1v) is 8.26. The molecule has 0 heterocycles. The Morgan fingerprint density at radius 3 is 2.68 bits per heavy atom. The lowest BCUT2D eigenvalue weighted by atomic mass is 10.2. The van der Waals surface area contributed by atoms with E-state index >= 15 is 0 Å². The number of amides is 1. The minimum absolute atomic E-state index is 0.170. The van der Waals surface area contributed by atoms with Crippen molar-refractivity contribution in [1.82, 2.24) is 5.32 Å². The van der Waals surface area contributed by atoms with E-state index in [4.69, 9.17) is 28.6 Å². The maximum atomic E-state index is 12.0. The topological polar surface area (TPSA) is 50.4 Å². The van der Waals surface area contributed by atoms with Crippen molar-refractivity contribution in [2.75, 3.05) is 11.9 Å². The van der Waals surface area contributed by atoms with Crippen LogP contribution in [0.4, 0.5) is 5.69 Å². The average Bonchev–Trinajstić information content (AvgIpc) is 2.60. The molecule has 25 heavy (non-hydrogen) atoms. The lowest BCUT2D eigenvalue weighted by Crippen LogP contribution is -2.32. The van der Waals surface area contributed by atoms with Gasteiger partial charge in [-0.3, -0.25) is 10.1 Å². The second-order valence-corrected chi connectivity index (χ2v) is 5.71. The number of rotatable bonds is 6. The molecule has 0 aromatic heterocycles. The minimum atomic E-state index is -0.359. The van der Waals surface area contributed by atoms with Gasteiger partial charge in [-0.15, -0.1) is 0 Å². The normalized spacial score (nSPS) is 10.3. The molecule has 0 aliphatic rings. The summed E-state index contributed by atoms with van der Waals surface area (Å²) in [5, 5.41) is 6.26. The maximum Gasteiger partial charge on any atom is 0.250 e. The van der Waals surface area contributed by atoms with Crippen LogP contribution in [0.2, 0.25) is 5.02 Å². The molecule has 0 aliphatic carbocycles. The van der Waals surface area contributed by atoms with E-state index in [0.717, 1.165) is 5.56 Å². The quantitative estimate of drug-likeness (QED) is 0.447. The Bertz CT molecular complexity index is 806. The standard InChI is InChI=1S/C19H17ClN2O2S/c1-2-13-24-17-10-6-5-9-16(17)21-19(25)22-18(23)12-11-14-7-3-4-8-15(14)20/h2-12H,1,13H2,(H2,21,22,23,25)/b12-11+. The molecule has 0 bridgehead atoms. The van der Waals surface area contributed by atoms with Crippen LogP contribution in [-0.2, 0) is 4.79 Å². The summed E-state index contributed by atoms with van der Waals surface area (Å²) >= 11 is 11.2. The minimum Gasteiger partial charge on any atom is -0.487 e. The molecule has 0 saturated carbocycles. The Morgan fingerprint density at radius 2 is 1.92 bits per heavy atom. The van der Waals surface area contributed by atoms with Crippen molar-refractivity contribution in [2.45, 2.75) is 0 Å². The molecule has 0 unspecified atom stereocenters. The number of halogens is 1. The smallest absolute Gasteiger partial charge is 0.250 e. The third-order valence-corrected chi connectivity index (χ3v) is 3.60. The summed E-state index contributed by atoms with van der Waals surface area (Å²) in [6, 6.07) is 14.5. The van der Waals surface area contributed by atoms with E-state index in [1.165, 1.54) is 6.08 Å². The second kappa shape index (κ2) is 9.61. The Hall–Kier alpha value is -2.63. The first-order chi connectivity index (χ1) is 12.1. The Morgan fingerprint density at radius 1 is 1.20 bits per heavy atom. The number of nitrogens with one attached hydrogen (secondary N) is 2. The van der Waals surface area contributed by atoms with Crippen LogP contribution in [-0.4, -0.2) is 17.6 Å². The summed E-state index contributed by atoms with van der Waals surface area (Å²) in [5.41, 5.74) is 1.41. The highest BCUT2D eigenvalue weighted by Crippen LogP contribution is 2.23. The van der Waals surface area contributed by atoms with Crippen molar-refractivity contribution in [3.8, 4) is 5.75 Å². The zero-order chi connectivity index (χ0) is 18.1. The first kappa shape index (κ1) is 18.7. The van der Waals surface area contributed by atoms with Gasteiger partial charge in [-0.05, 0) is 42.1 Å². The van der Waals surface area contributed by atoms with Gasteiger partial charge in [0, 0.05) is 11.1 Å².